The first-order valence-corrected chi connectivity index (χ1v) is 5.23. The molecule has 0 fully saturated rings. The number of nitrogens with one attached hydrogen (secondary N) is 1. The molecule has 0 saturated heterocycles. The Kier molecular flexibility index (Phi) is 5.95. The van der Waals surface area contributed by atoms with Crippen molar-refractivity contribution in [1.82, 2.24) is 0 Å². The van der Waals surface area contributed by atoms with Crippen LogP contribution in [0.2, 0.25) is 0 Å². The van der Waals surface area contributed by atoms with Crippen molar-refractivity contribution < 1.29 is 41.5 Å². The van der Waals surface area contributed by atoms with Crippen LogP contribution in [0.3, 0.4) is 0 Å². The summed E-state index contributed by atoms with van der Waals surface area (Å²) in [7, 11) is 0. The van der Waals surface area contributed by atoms with E-state index >= 15 is 0 Å². The summed E-state index contributed by atoms with van der Waals surface area (Å²) in [5.74, 6) is 0. The van der Waals surface area contributed by atoms with Gasteiger partial charge in [-0.1, -0.05) is 0 Å². The van der Waals surface area contributed by atoms with Crippen molar-refractivity contribution in [2.24, 2.45) is 0 Å². The minimum Gasteiger partial charge on any atom is -0.755 e. The van der Waals surface area contributed by atoms with E-state index in [1.54, 1.807) is 6.92 Å². The fraction of sp³-hybridized carbons (Fsp3) is 0.333. The summed E-state index contributed by atoms with van der Waals surface area (Å²) in [6.07, 6.45) is 0. The van der Waals surface area contributed by atoms with Crippen LogP contribution < -0.4 is 10.5 Å². The number of nitrogen functional groups attached to an aromatic ring is 1. The van der Waals surface area contributed by atoms with Crippen LogP contribution in [0.25, 0.3) is 0 Å². The molecule has 1 aromatic carbocycles. The molecule has 81 valence electrons. The van der Waals surface area contributed by atoms with Gasteiger partial charge in [-0.2, -0.15) is 0 Å². The van der Waals surface area contributed by atoms with E-state index in [1.807, 2.05) is 19.9 Å². The maximum Gasteiger partial charge on any atom is 0.0533 e. The van der Waals surface area contributed by atoms with Crippen LogP contribution in [0.15, 0.2) is 6.07 Å². The van der Waals surface area contributed by atoms with Crippen LogP contribution in [0.5, 0.6) is 0 Å². The van der Waals surface area contributed by atoms with Gasteiger partial charge in [0.25, 0.3) is 0 Å². The third-order valence-electron chi connectivity index (χ3n) is 2.33. The molecule has 0 saturated carbocycles. The molecule has 1 aromatic rings. The van der Waals surface area contributed by atoms with Crippen LogP contribution in [0, 0.1) is 20.8 Å². The second-order valence-corrected chi connectivity index (χ2v) is 3.92. The summed E-state index contributed by atoms with van der Waals surface area (Å²) in [6.45, 7) is 5.54. The zero-order valence-electron chi connectivity index (χ0n) is 8.96. The van der Waals surface area contributed by atoms with Gasteiger partial charge in [0.1, 0.15) is 0 Å². The standard InChI is InChI=1S/C9H14N2O2S.Y/c1-5-4-8(10)7(3)9(6(5)2)11-14(12)13;/h4,11H,10H2,1-3H3,(H,12,13);/p-1. The Hall–Kier alpha value is 0.0339. The minimum atomic E-state index is -2.31. The molecule has 0 aliphatic heterocycles. The summed E-state index contributed by atoms with van der Waals surface area (Å²) >= 11 is -2.31. The number of aryl methyl sites for hydroxylation is 1. The molecule has 1 rings (SSSR count). The van der Waals surface area contributed by atoms with Gasteiger partial charge in [0.15, 0.2) is 0 Å². The second kappa shape index (κ2) is 5.94. The largest absolute Gasteiger partial charge is 0.755 e. The van der Waals surface area contributed by atoms with Crippen molar-refractivity contribution >= 4 is 22.6 Å². The fourth-order valence-electron chi connectivity index (χ4n) is 1.31. The molecule has 1 unspecified atom stereocenters. The average molecular weight is 302 g/mol. The summed E-state index contributed by atoms with van der Waals surface area (Å²) in [5, 5.41) is 0. The Morgan fingerprint density at radius 1 is 1.33 bits per heavy atom. The van der Waals surface area contributed by atoms with Crippen molar-refractivity contribution in [2.75, 3.05) is 10.5 Å². The molecule has 0 aliphatic rings. The Labute approximate surface area is 117 Å². The maximum absolute atomic E-state index is 10.5. The smallest absolute Gasteiger partial charge is 0.0533 e. The number of rotatable bonds is 2. The van der Waals surface area contributed by atoms with Crippen molar-refractivity contribution in [2.45, 2.75) is 20.8 Å². The number of nitrogens with two attached hydrogens (primary N) is 1. The topological polar surface area (TPSA) is 78.2 Å². The quantitative estimate of drug-likeness (QED) is 0.640. The predicted octanol–water partition coefficient (Wildman–Crippen LogP) is 1.40. The van der Waals surface area contributed by atoms with E-state index in [0.29, 0.717) is 11.4 Å². The van der Waals surface area contributed by atoms with Crippen molar-refractivity contribution in [3.8, 4) is 0 Å². The number of hydrogen-bond acceptors (Lipinski definition) is 3. The van der Waals surface area contributed by atoms with Gasteiger partial charge >= 0.3 is 0 Å². The number of benzene rings is 1. The van der Waals surface area contributed by atoms with E-state index in [2.05, 4.69) is 4.72 Å². The summed E-state index contributed by atoms with van der Waals surface area (Å²) in [5.41, 5.74) is 9.54. The molecule has 1 atom stereocenters. The number of anilines is 2. The molecule has 0 spiro atoms. The molecular weight excluding hydrogens is 289 g/mol. The molecule has 3 N–H and O–H groups in total. The number of hydrogen-bond donors (Lipinski definition) is 2. The van der Waals surface area contributed by atoms with Gasteiger partial charge < -0.3 is 15.0 Å². The van der Waals surface area contributed by atoms with Crippen molar-refractivity contribution in [3.05, 3.63) is 22.8 Å². The van der Waals surface area contributed by atoms with Gasteiger partial charge in [-0.05, 0) is 43.5 Å². The summed E-state index contributed by atoms with van der Waals surface area (Å²) in [6, 6.07) is 1.84. The van der Waals surface area contributed by atoms with Gasteiger partial charge in [0.05, 0.1) is 5.69 Å². The van der Waals surface area contributed by atoms with Gasteiger partial charge in [0, 0.05) is 49.7 Å². The molecule has 0 aromatic heterocycles. The van der Waals surface area contributed by atoms with Crippen LogP contribution in [-0.4, -0.2) is 8.76 Å². The van der Waals surface area contributed by atoms with Gasteiger partial charge in [-0.25, -0.2) is 0 Å². The predicted molar refractivity (Wildman–Crippen MR) is 57.6 cm³/mol. The molecule has 4 nitrogen and oxygen atoms in total. The third-order valence-corrected chi connectivity index (χ3v) is 2.70. The molecule has 1 radical (unpaired) electrons. The normalized spacial score (nSPS) is 11.7. The molecule has 0 amide bonds. The monoisotopic (exact) mass is 302 g/mol. The van der Waals surface area contributed by atoms with Crippen LogP contribution in [0.4, 0.5) is 11.4 Å². The van der Waals surface area contributed by atoms with E-state index < -0.39 is 11.3 Å². The Bertz CT molecular complexity index is 370. The average Bonchev–Trinajstić information content (AvgIpc) is 2.09. The molecular formula is C9H13N2O2SY-. The third kappa shape index (κ3) is 3.52. The van der Waals surface area contributed by atoms with E-state index in [9.17, 15) is 8.76 Å². The molecule has 15 heavy (non-hydrogen) atoms. The fourth-order valence-corrected chi connectivity index (χ4v) is 1.78. The van der Waals surface area contributed by atoms with E-state index in [0.717, 1.165) is 16.7 Å². The van der Waals surface area contributed by atoms with Gasteiger partial charge in [-0.15, -0.1) is 0 Å². The van der Waals surface area contributed by atoms with E-state index in [-0.39, 0.29) is 32.7 Å². The first kappa shape index (κ1) is 15.0. The minimum absolute atomic E-state index is 0. The zero-order valence-corrected chi connectivity index (χ0v) is 12.6. The first-order valence-electron chi connectivity index (χ1n) is 4.15. The molecule has 0 heterocycles. The van der Waals surface area contributed by atoms with Crippen molar-refractivity contribution in [1.29, 1.82) is 0 Å². The summed E-state index contributed by atoms with van der Waals surface area (Å²) < 4.78 is 23.4. The first-order chi connectivity index (χ1) is 6.43. The van der Waals surface area contributed by atoms with Gasteiger partial charge in [-0.3, -0.25) is 4.21 Å². The summed E-state index contributed by atoms with van der Waals surface area (Å²) in [4.78, 5) is 0. The zero-order chi connectivity index (χ0) is 10.9. The SMILES string of the molecule is Cc1cc(N)c(C)c(NS(=O)[O-])c1C.[Y]. The van der Waals surface area contributed by atoms with E-state index in [1.165, 1.54) is 0 Å². The molecule has 0 aliphatic carbocycles. The molecule has 6 heteroatoms. The Balaban J connectivity index is 0.00000196. The van der Waals surface area contributed by atoms with Gasteiger partial charge in [0.2, 0.25) is 0 Å². The van der Waals surface area contributed by atoms with Crippen LogP contribution in [0.1, 0.15) is 16.7 Å². The second-order valence-electron chi connectivity index (χ2n) is 3.24. The molecule has 0 bridgehead atoms. The maximum atomic E-state index is 10.5. The van der Waals surface area contributed by atoms with Crippen LogP contribution >= 0.6 is 0 Å². The van der Waals surface area contributed by atoms with Crippen molar-refractivity contribution in [3.63, 3.8) is 0 Å². The van der Waals surface area contributed by atoms with E-state index in [4.69, 9.17) is 5.73 Å². The Morgan fingerprint density at radius 3 is 2.33 bits per heavy atom. The Morgan fingerprint density at radius 2 is 1.87 bits per heavy atom. The van der Waals surface area contributed by atoms with Crippen LogP contribution in [-0.2, 0) is 44.0 Å².